The van der Waals surface area contributed by atoms with Crippen LogP contribution in [0.25, 0.3) is 0 Å². The van der Waals surface area contributed by atoms with Gasteiger partial charge in [-0.3, -0.25) is 0 Å². The van der Waals surface area contributed by atoms with Crippen molar-refractivity contribution in [1.29, 1.82) is 0 Å². The fourth-order valence-corrected chi connectivity index (χ4v) is 1.88. The van der Waals surface area contributed by atoms with Gasteiger partial charge in [-0.05, 0) is 6.08 Å². The SMILES string of the molecule is OC1=CC=CC=CC1C1C=CC=CC=CC=C1. The summed E-state index contributed by atoms with van der Waals surface area (Å²) in [5, 5.41) is 9.99. The van der Waals surface area contributed by atoms with E-state index in [0.29, 0.717) is 5.76 Å². The second kappa shape index (κ2) is 5.90. The van der Waals surface area contributed by atoms with Gasteiger partial charge in [0, 0.05) is 11.8 Å². The minimum absolute atomic E-state index is 0.0115. The summed E-state index contributed by atoms with van der Waals surface area (Å²) in [6, 6.07) is 0. The van der Waals surface area contributed by atoms with Crippen LogP contribution in [-0.2, 0) is 0 Å². The van der Waals surface area contributed by atoms with Crippen molar-refractivity contribution in [2.45, 2.75) is 0 Å². The molecule has 2 aliphatic carbocycles. The molecular weight excluding hydrogens is 208 g/mol. The van der Waals surface area contributed by atoms with Crippen molar-refractivity contribution in [1.82, 2.24) is 0 Å². The predicted molar refractivity (Wildman–Crippen MR) is 72.5 cm³/mol. The van der Waals surface area contributed by atoms with E-state index in [-0.39, 0.29) is 11.8 Å². The number of aliphatic hydroxyl groups is 1. The van der Waals surface area contributed by atoms with E-state index in [4.69, 9.17) is 0 Å². The van der Waals surface area contributed by atoms with Crippen LogP contribution in [-0.4, -0.2) is 5.11 Å². The van der Waals surface area contributed by atoms with Crippen LogP contribution in [0.4, 0.5) is 0 Å². The molecule has 0 aromatic carbocycles. The van der Waals surface area contributed by atoms with E-state index < -0.39 is 0 Å². The maximum absolute atomic E-state index is 9.99. The summed E-state index contributed by atoms with van der Waals surface area (Å²) in [7, 11) is 0. The van der Waals surface area contributed by atoms with Crippen LogP contribution >= 0.6 is 0 Å². The molecule has 0 amide bonds. The fraction of sp³-hybridized carbons (Fsp3) is 0.125. The minimum atomic E-state index is 0.0115. The van der Waals surface area contributed by atoms with Gasteiger partial charge in [-0.15, -0.1) is 0 Å². The summed E-state index contributed by atoms with van der Waals surface area (Å²) in [6.45, 7) is 0. The summed E-state index contributed by atoms with van der Waals surface area (Å²) in [5.41, 5.74) is 0. The molecule has 0 saturated carbocycles. The molecule has 86 valence electrons. The second-order valence-electron chi connectivity index (χ2n) is 4.00. The Morgan fingerprint density at radius 3 is 1.88 bits per heavy atom. The Bertz CT molecular complexity index is 434. The number of allylic oxidation sites excluding steroid dienone is 13. The van der Waals surface area contributed by atoms with Crippen LogP contribution < -0.4 is 0 Å². The normalized spacial score (nSPS) is 27.2. The molecule has 1 N–H and O–H groups in total. The van der Waals surface area contributed by atoms with Gasteiger partial charge in [0.2, 0.25) is 0 Å². The number of hydrogen-bond donors (Lipinski definition) is 1. The summed E-state index contributed by atoms with van der Waals surface area (Å²) in [4.78, 5) is 0. The molecule has 1 nitrogen and oxygen atoms in total. The van der Waals surface area contributed by atoms with E-state index in [1.165, 1.54) is 0 Å². The molecule has 0 fully saturated rings. The molecule has 2 aliphatic rings. The van der Waals surface area contributed by atoms with Crippen molar-refractivity contribution >= 4 is 0 Å². The molecule has 0 heterocycles. The smallest absolute Gasteiger partial charge is 0.1000 e. The molecule has 0 radical (unpaired) electrons. The standard InChI is InChI=1S/C16H16O/c17-16-13-9-5-8-12-15(16)14-10-6-3-1-2-4-7-11-14/h1-15,17H. The first kappa shape index (κ1) is 11.5. The summed E-state index contributed by atoms with van der Waals surface area (Å²) in [5.74, 6) is 0.591. The maximum Gasteiger partial charge on any atom is 0.1000 e. The van der Waals surface area contributed by atoms with Gasteiger partial charge in [0.05, 0.1) is 5.76 Å². The van der Waals surface area contributed by atoms with Crippen molar-refractivity contribution < 1.29 is 5.11 Å². The molecule has 17 heavy (non-hydrogen) atoms. The lowest BCUT2D eigenvalue weighted by atomic mass is 9.89. The highest BCUT2D eigenvalue weighted by Gasteiger charge is 2.18. The number of rotatable bonds is 1. The van der Waals surface area contributed by atoms with Gasteiger partial charge in [-0.2, -0.15) is 0 Å². The molecule has 1 atom stereocenters. The molecule has 2 rings (SSSR count). The van der Waals surface area contributed by atoms with Crippen LogP contribution in [0.2, 0.25) is 0 Å². The molecular formula is C16H16O. The van der Waals surface area contributed by atoms with Crippen molar-refractivity contribution in [3.8, 4) is 0 Å². The lowest BCUT2D eigenvalue weighted by Crippen LogP contribution is -2.10. The average molecular weight is 224 g/mol. The van der Waals surface area contributed by atoms with Gasteiger partial charge >= 0.3 is 0 Å². The number of hydrogen-bond acceptors (Lipinski definition) is 1. The first-order valence-corrected chi connectivity index (χ1v) is 5.80. The van der Waals surface area contributed by atoms with E-state index in [1.807, 2.05) is 60.8 Å². The minimum Gasteiger partial charge on any atom is -0.512 e. The van der Waals surface area contributed by atoms with Crippen molar-refractivity contribution in [2.24, 2.45) is 11.8 Å². The van der Waals surface area contributed by atoms with Gasteiger partial charge in [0.25, 0.3) is 0 Å². The molecule has 0 saturated heterocycles. The molecule has 1 heteroatoms. The molecule has 1 unspecified atom stereocenters. The van der Waals surface area contributed by atoms with E-state index >= 15 is 0 Å². The highest BCUT2D eigenvalue weighted by Crippen LogP contribution is 2.25. The number of aliphatic hydroxyl groups excluding tert-OH is 1. The third-order valence-corrected chi connectivity index (χ3v) is 2.79. The highest BCUT2D eigenvalue weighted by molar-refractivity contribution is 5.29. The van der Waals surface area contributed by atoms with E-state index in [1.54, 1.807) is 6.08 Å². The van der Waals surface area contributed by atoms with E-state index in [2.05, 4.69) is 12.2 Å². The topological polar surface area (TPSA) is 20.2 Å². The molecule has 0 aromatic rings. The van der Waals surface area contributed by atoms with Crippen molar-refractivity contribution in [2.75, 3.05) is 0 Å². The zero-order valence-corrected chi connectivity index (χ0v) is 9.61. The van der Waals surface area contributed by atoms with Gasteiger partial charge in [0.15, 0.2) is 0 Å². The van der Waals surface area contributed by atoms with Crippen LogP contribution in [0, 0.1) is 11.8 Å². The fourth-order valence-electron chi connectivity index (χ4n) is 1.88. The van der Waals surface area contributed by atoms with Crippen LogP contribution in [0.5, 0.6) is 0 Å². The third-order valence-electron chi connectivity index (χ3n) is 2.79. The van der Waals surface area contributed by atoms with E-state index in [0.717, 1.165) is 0 Å². The Kier molecular flexibility index (Phi) is 3.98. The first-order valence-electron chi connectivity index (χ1n) is 5.80. The quantitative estimate of drug-likeness (QED) is 0.713. The average Bonchev–Trinajstić information content (AvgIpc) is 2.47. The highest BCUT2D eigenvalue weighted by atomic mass is 16.3. The molecule has 0 aromatic heterocycles. The zero-order chi connectivity index (χ0) is 11.9. The Balaban J connectivity index is 2.25. The summed E-state index contributed by atoms with van der Waals surface area (Å²) >= 11 is 0. The second-order valence-corrected chi connectivity index (χ2v) is 4.00. The van der Waals surface area contributed by atoms with Crippen LogP contribution in [0.3, 0.4) is 0 Å². The lowest BCUT2D eigenvalue weighted by Gasteiger charge is -2.17. The molecule has 0 spiro atoms. The Morgan fingerprint density at radius 2 is 1.18 bits per heavy atom. The third kappa shape index (κ3) is 3.22. The Hall–Kier alpha value is -2.02. The Morgan fingerprint density at radius 1 is 0.647 bits per heavy atom. The van der Waals surface area contributed by atoms with E-state index in [9.17, 15) is 5.11 Å². The summed E-state index contributed by atoms with van der Waals surface area (Å²) < 4.78 is 0. The summed E-state index contributed by atoms with van der Waals surface area (Å²) in [6.07, 6.45) is 25.8. The Labute approximate surface area is 102 Å². The van der Waals surface area contributed by atoms with Gasteiger partial charge in [0.1, 0.15) is 0 Å². The monoisotopic (exact) mass is 224 g/mol. The maximum atomic E-state index is 9.99. The zero-order valence-electron chi connectivity index (χ0n) is 9.61. The molecule has 0 aliphatic heterocycles. The van der Waals surface area contributed by atoms with Crippen LogP contribution in [0.15, 0.2) is 84.7 Å². The van der Waals surface area contributed by atoms with Crippen molar-refractivity contribution in [3.63, 3.8) is 0 Å². The van der Waals surface area contributed by atoms with Crippen molar-refractivity contribution in [3.05, 3.63) is 84.7 Å². The predicted octanol–water partition coefficient (Wildman–Crippen LogP) is 4.03. The molecule has 0 bridgehead atoms. The van der Waals surface area contributed by atoms with Gasteiger partial charge in [-0.25, -0.2) is 0 Å². The first-order chi connectivity index (χ1) is 8.38. The van der Waals surface area contributed by atoms with Crippen LogP contribution in [0.1, 0.15) is 0 Å². The lowest BCUT2D eigenvalue weighted by molar-refractivity contribution is 0.339. The van der Waals surface area contributed by atoms with Gasteiger partial charge in [-0.1, -0.05) is 72.9 Å². The van der Waals surface area contributed by atoms with Gasteiger partial charge < -0.3 is 5.11 Å². The largest absolute Gasteiger partial charge is 0.512 e.